The molecule has 1 saturated heterocycles. The minimum absolute atomic E-state index is 0.0541. The Morgan fingerprint density at radius 1 is 1.22 bits per heavy atom. The number of nitrogens with zero attached hydrogens (tertiary/aromatic N) is 3. The van der Waals surface area contributed by atoms with Gasteiger partial charge < -0.3 is 9.42 Å². The van der Waals surface area contributed by atoms with E-state index in [0.717, 1.165) is 43.4 Å². The van der Waals surface area contributed by atoms with E-state index < -0.39 is 0 Å². The minimum Gasteiger partial charge on any atom is -0.339 e. The third kappa shape index (κ3) is 3.72. The second kappa shape index (κ2) is 7.51. The standard InChI is InChI=1S/C22H25N3O2/c1-15(2)20-19-13-18(14-23-21(19)27-24-20)22(26)25-10-8-17(9-11-25)12-16-6-4-3-5-7-16/h3-7,13-15,17H,8-12H2,1-2H3. The first-order chi connectivity index (χ1) is 13.1. The summed E-state index contributed by atoms with van der Waals surface area (Å²) in [4.78, 5) is 19.2. The highest BCUT2D eigenvalue weighted by atomic mass is 16.5. The first kappa shape index (κ1) is 17.7. The number of piperidine rings is 1. The van der Waals surface area contributed by atoms with Crippen molar-refractivity contribution in [3.8, 4) is 0 Å². The maximum atomic E-state index is 12.9. The van der Waals surface area contributed by atoms with Gasteiger partial charge in [-0.3, -0.25) is 4.79 Å². The van der Waals surface area contributed by atoms with E-state index in [2.05, 4.69) is 54.3 Å². The van der Waals surface area contributed by atoms with Gasteiger partial charge in [0.05, 0.1) is 16.6 Å². The fraction of sp³-hybridized carbons (Fsp3) is 0.409. The maximum absolute atomic E-state index is 12.9. The lowest BCUT2D eigenvalue weighted by molar-refractivity contribution is 0.0690. The van der Waals surface area contributed by atoms with Crippen molar-refractivity contribution in [2.75, 3.05) is 13.1 Å². The van der Waals surface area contributed by atoms with Gasteiger partial charge in [-0.05, 0) is 42.7 Å². The molecular weight excluding hydrogens is 338 g/mol. The molecule has 3 heterocycles. The lowest BCUT2D eigenvalue weighted by Crippen LogP contribution is -2.39. The largest absolute Gasteiger partial charge is 0.339 e. The van der Waals surface area contributed by atoms with Gasteiger partial charge >= 0.3 is 0 Å². The number of fused-ring (bicyclic) bond motifs is 1. The third-order valence-electron chi connectivity index (χ3n) is 5.42. The lowest BCUT2D eigenvalue weighted by atomic mass is 9.90. The predicted octanol–water partition coefficient (Wildman–Crippen LogP) is 4.44. The zero-order valence-corrected chi connectivity index (χ0v) is 15.9. The molecule has 1 aromatic carbocycles. The molecule has 1 aliphatic heterocycles. The average molecular weight is 363 g/mol. The molecular formula is C22H25N3O2. The van der Waals surface area contributed by atoms with E-state index in [1.807, 2.05) is 11.0 Å². The van der Waals surface area contributed by atoms with Crippen molar-refractivity contribution in [1.29, 1.82) is 0 Å². The second-order valence-corrected chi connectivity index (χ2v) is 7.72. The maximum Gasteiger partial charge on any atom is 0.257 e. The van der Waals surface area contributed by atoms with Crippen LogP contribution in [0.1, 0.15) is 54.2 Å². The molecule has 0 saturated carbocycles. The van der Waals surface area contributed by atoms with Crippen molar-refractivity contribution in [2.45, 2.75) is 39.0 Å². The summed E-state index contributed by atoms with van der Waals surface area (Å²) in [5, 5.41) is 4.94. The monoisotopic (exact) mass is 363 g/mol. The molecule has 0 bridgehead atoms. The van der Waals surface area contributed by atoms with Crippen molar-refractivity contribution in [1.82, 2.24) is 15.0 Å². The predicted molar refractivity (Wildman–Crippen MR) is 105 cm³/mol. The first-order valence-corrected chi connectivity index (χ1v) is 9.70. The van der Waals surface area contributed by atoms with Gasteiger partial charge in [0.1, 0.15) is 0 Å². The van der Waals surface area contributed by atoms with Crippen LogP contribution in [0.15, 0.2) is 47.1 Å². The number of benzene rings is 1. The molecule has 0 atom stereocenters. The topological polar surface area (TPSA) is 59.2 Å². The SMILES string of the molecule is CC(C)c1noc2ncc(C(=O)N3CCC(Cc4ccccc4)CC3)cc12. The molecule has 3 aromatic rings. The van der Waals surface area contributed by atoms with Crippen molar-refractivity contribution in [3.05, 3.63) is 59.4 Å². The number of pyridine rings is 1. The second-order valence-electron chi connectivity index (χ2n) is 7.72. The molecule has 5 heteroatoms. The summed E-state index contributed by atoms with van der Waals surface area (Å²) >= 11 is 0. The molecule has 27 heavy (non-hydrogen) atoms. The van der Waals surface area contributed by atoms with Crippen LogP contribution in [0.2, 0.25) is 0 Å². The summed E-state index contributed by atoms with van der Waals surface area (Å²) in [6, 6.07) is 12.5. The third-order valence-corrected chi connectivity index (χ3v) is 5.42. The van der Waals surface area contributed by atoms with E-state index >= 15 is 0 Å². The molecule has 0 aliphatic carbocycles. The Morgan fingerprint density at radius 3 is 2.67 bits per heavy atom. The highest BCUT2D eigenvalue weighted by Crippen LogP contribution is 2.26. The number of amides is 1. The number of likely N-dealkylation sites (tertiary alicyclic amines) is 1. The first-order valence-electron chi connectivity index (χ1n) is 9.70. The minimum atomic E-state index is 0.0541. The van der Waals surface area contributed by atoms with Gasteiger partial charge in [-0.15, -0.1) is 0 Å². The van der Waals surface area contributed by atoms with Crippen LogP contribution in [-0.2, 0) is 6.42 Å². The number of carbonyl (C=O) groups excluding carboxylic acids is 1. The Kier molecular flexibility index (Phi) is 4.92. The van der Waals surface area contributed by atoms with E-state index in [-0.39, 0.29) is 11.8 Å². The molecule has 0 unspecified atom stereocenters. The van der Waals surface area contributed by atoms with Crippen molar-refractivity contribution in [2.24, 2.45) is 5.92 Å². The van der Waals surface area contributed by atoms with Gasteiger partial charge in [0, 0.05) is 19.3 Å². The Hall–Kier alpha value is -2.69. The molecule has 0 spiro atoms. The van der Waals surface area contributed by atoms with Crippen LogP contribution in [0.3, 0.4) is 0 Å². The molecule has 1 aliphatic rings. The van der Waals surface area contributed by atoms with Crippen molar-refractivity contribution < 1.29 is 9.32 Å². The number of hydrogen-bond donors (Lipinski definition) is 0. The van der Waals surface area contributed by atoms with Gasteiger partial charge in [0.2, 0.25) is 0 Å². The number of hydrogen-bond acceptors (Lipinski definition) is 4. The van der Waals surface area contributed by atoms with Gasteiger partial charge in [-0.25, -0.2) is 4.98 Å². The summed E-state index contributed by atoms with van der Waals surface area (Å²) in [5.41, 5.74) is 3.35. The van der Waals surface area contributed by atoms with Crippen LogP contribution in [0.4, 0.5) is 0 Å². The number of carbonyl (C=O) groups is 1. The molecule has 1 fully saturated rings. The van der Waals surface area contributed by atoms with Crippen molar-refractivity contribution in [3.63, 3.8) is 0 Å². The Balaban J connectivity index is 1.43. The molecule has 5 nitrogen and oxygen atoms in total. The highest BCUT2D eigenvalue weighted by Gasteiger charge is 2.25. The smallest absolute Gasteiger partial charge is 0.257 e. The number of aromatic nitrogens is 2. The van der Waals surface area contributed by atoms with Crippen LogP contribution >= 0.6 is 0 Å². The van der Waals surface area contributed by atoms with Crippen LogP contribution < -0.4 is 0 Å². The molecule has 2 aromatic heterocycles. The zero-order chi connectivity index (χ0) is 18.8. The normalized spacial score (nSPS) is 15.6. The fourth-order valence-electron chi connectivity index (χ4n) is 3.85. The van der Waals surface area contributed by atoms with E-state index in [1.165, 1.54) is 5.56 Å². The van der Waals surface area contributed by atoms with Crippen LogP contribution in [0.5, 0.6) is 0 Å². The van der Waals surface area contributed by atoms with Crippen LogP contribution in [-0.4, -0.2) is 34.0 Å². The molecule has 1 amide bonds. The summed E-state index contributed by atoms with van der Waals surface area (Å²) in [6.45, 7) is 5.72. The highest BCUT2D eigenvalue weighted by molar-refractivity contribution is 5.97. The molecule has 0 N–H and O–H groups in total. The molecule has 140 valence electrons. The van der Waals surface area contributed by atoms with Crippen LogP contribution in [0, 0.1) is 5.92 Å². The molecule has 0 radical (unpaired) electrons. The van der Waals surface area contributed by atoms with E-state index in [9.17, 15) is 4.79 Å². The number of rotatable bonds is 4. The van der Waals surface area contributed by atoms with Gasteiger partial charge in [-0.2, -0.15) is 0 Å². The van der Waals surface area contributed by atoms with Crippen molar-refractivity contribution >= 4 is 17.0 Å². The molecule has 4 rings (SSSR count). The van der Waals surface area contributed by atoms with E-state index in [4.69, 9.17) is 4.52 Å². The summed E-state index contributed by atoms with van der Waals surface area (Å²) in [5.74, 6) is 0.924. The summed E-state index contributed by atoms with van der Waals surface area (Å²) in [7, 11) is 0. The Morgan fingerprint density at radius 2 is 1.96 bits per heavy atom. The lowest BCUT2D eigenvalue weighted by Gasteiger charge is -2.32. The Labute approximate surface area is 159 Å². The van der Waals surface area contributed by atoms with Gasteiger partial charge in [0.15, 0.2) is 0 Å². The van der Waals surface area contributed by atoms with Gasteiger partial charge in [0.25, 0.3) is 11.6 Å². The van der Waals surface area contributed by atoms with Crippen LogP contribution in [0.25, 0.3) is 11.1 Å². The summed E-state index contributed by atoms with van der Waals surface area (Å²) in [6.07, 6.45) is 4.78. The fourth-order valence-corrected chi connectivity index (χ4v) is 3.85. The van der Waals surface area contributed by atoms with E-state index in [1.54, 1.807) is 6.20 Å². The summed E-state index contributed by atoms with van der Waals surface area (Å²) < 4.78 is 5.28. The average Bonchev–Trinajstić information content (AvgIpc) is 3.12. The zero-order valence-electron chi connectivity index (χ0n) is 15.9. The van der Waals surface area contributed by atoms with E-state index in [0.29, 0.717) is 17.2 Å². The Bertz CT molecular complexity index is 925. The van der Waals surface area contributed by atoms with Gasteiger partial charge in [-0.1, -0.05) is 49.3 Å². The quantitative estimate of drug-likeness (QED) is 0.687.